The Balaban J connectivity index is 1.72. The topological polar surface area (TPSA) is 112 Å². The maximum absolute atomic E-state index is 12.1. The summed E-state index contributed by atoms with van der Waals surface area (Å²) in [6.07, 6.45) is 0. The van der Waals surface area contributed by atoms with E-state index >= 15 is 0 Å². The lowest BCUT2D eigenvalue weighted by Gasteiger charge is -2.06. The van der Waals surface area contributed by atoms with Gasteiger partial charge in [0, 0.05) is 5.39 Å². The van der Waals surface area contributed by atoms with Crippen LogP contribution in [-0.2, 0) is 20.9 Å². The van der Waals surface area contributed by atoms with Crippen molar-refractivity contribution in [3.63, 3.8) is 0 Å². The number of fused-ring (bicyclic) bond motifs is 1. The van der Waals surface area contributed by atoms with E-state index in [1.807, 2.05) is 6.92 Å². The van der Waals surface area contributed by atoms with Crippen LogP contribution in [0.5, 0.6) is 17.4 Å². The van der Waals surface area contributed by atoms with Crippen LogP contribution in [0, 0.1) is 0 Å². The molecule has 9 nitrogen and oxygen atoms in total. The van der Waals surface area contributed by atoms with Gasteiger partial charge in [0.15, 0.2) is 12.3 Å². The number of para-hydroxylation sites is 1. The molecule has 1 N–H and O–H groups in total. The highest BCUT2D eigenvalue weighted by atomic mass is 16.5. The van der Waals surface area contributed by atoms with Gasteiger partial charge in [-0.05, 0) is 44.2 Å². The third-order valence-corrected chi connectivity index (χ3v) is 4.27. The second-order valence-corrected chi connectivity index (χ2v) is 6.37. The van der Waals surface area contributed by atoms with Crippen molar-refractivity contribution in [1.82, 2.24) is 4.57 Å². The summed E-state index contributed by atoms with van der Waals surface area (Å²) in [6.45, 7) is 3.87. The van der Waals surface area contributed by atoms with E-state index in [0.29, 0.717) is 29.0 Å². The number of aromatic hydroxyl groups is 1. The molecule has 0 bridgehead atoms. The van der Waals surface area contributed by atoms with Gasteiger partial charge in [0.1, 0.15) is 18.0 Å². The van der Waals surface area contributed by atoms with Crippen LogP contribution in [0.2, 0.25) is 0 Å². The van der Waals surface area contributed by atoms with Crippen LogP contribution in [0.1, 0.15) is 13.8 Å². The number of carbonyl (C=O) groups excluding carboxylic acids is 2. The SMILES string of the molecule is CCOC(=O)Cn1c(O)c(N=NC(=O)COc2ccc(OCC)cc2)c2ccccc21. The maximum Gasteiger partial charge on any atom is 0.326 e. The van der Waals surface area contributed by atoms with Crippen molar-refractivity contribution in [3.8, 4) is 17.4 Å². The van der Waals surface area contributed by atoms with Gasteiger partial charge in [0.25, 0.3) is 0 Å². The van der Waals surface area contributed by atoms with Gasteiger partial charge < -0.3 is 19.3 Å². The molecule has 0 unspecified atom stereocenters. The Kier molecular flexibility index (Phi) is 7.21. The minimum absolute atomic E-state index is 0.0920. The van der Waals surface area contributed by atoms with Crippen LogP contribution in [0.15, 0.2) is 58.8 Å². The van der Waals surface area contributed by atoms with Gasteiger partial charge in [-0.2, -0.15) is 0 Å². The first-order valence-electron chi connectivity index (χ1n) is 9.79. The quantitative estimate of drug-likeness (QED) is 0.410. The smallest absolute Gasteiger partial charge is 0.326 e. The summed E-state index contributed by atoms with van der Waals surface area (Å²) in [5.74, 6) is -0.216. The summed E-state index contributed by atoms with van der Waals surface area (Å²) in [5, 5.41) is 18.7. The highest BCUT2D eigenvalue weighted by Gasteiger charge is 2.19. The van der Waals surface area contributed by atoms with Gasteiger partial charge >= 0.3 is 11.9 Å². The van der Waals surface area contributed by atoms with Gasteiger partial charge in [0.05, 0.1) is 18.7 Å². The number of aromatic nitrogens is 1. The summed E-state index contributed by atoms with van der Waals surface area (Å²) in [7, 11) is 0. The number of carbonyl (C=O) groups is 2. The van der Waals surface area contributed by atoms with E-state index in [-0.39, 0.29) is 31.3 Å². The highest BCUT2D eigenvalue weighted by molar-refractivity contribution is 5.96. The van der Waals surface area contributed by atoms with Crippen LogP contribution in [0.3, 0.4) is 0 Å². The lowest BCUT2D eigenvalue weighted by molar-refractivity contribution is -0.143. The van der Waals surface area contributed by atoms with Gasteiger partial charge in [0.2, 0.25) is 5.88 Å². The number of rotatable bonds is 9. The van der Waals surface area contributed by atoms with E-state index in [0.717, 1.165) is 0 Å². The Morgan fingerprint density at radius 1 is 0.968 bits per heavy atom. The predicted octanol–water partition coefficient (Wildman–Crippen LogP) is 4.00. The Bertz CT molecular complexity index is 1090. The Morgan fingerprint density at radius 2 is 1.65 bits per heavy atom. The van der Waals surface area contributed by atoms with Gasteiger partial charge in [-0.1, -0.05) is 18.2 Å². The third-order valence-electron chi connectivity index (χ3n) is 4.27. The number of esters is 1. The minimum Gasteiger partial charge on any atom is -0.494 e. The van der Waals surface area contributed by atoms with Crippen LogP contribution in [0.4, 0.5) is 5.69 Å². The van der Waals surface area contributed by atoms with Crippen molar-refractivity contribution < 1.29 is 28.9 Å². The molecule has 0 saturated heterocycles. The maximum atomic E-state index is 12.1. The minimum atomic E-state index is -0.629. The van der Waals surface area contributed by atoms with Gasteiger partial charge in [-0.15, -0.1) is 10.2 Å². The van der Waals surface area contributed by atoms with Crippen molar-refractivity contribution in [2.75, 3.05) is 19.8 Å². The van der Waals surface area contributed by atoms with Crippen LogP contribution < -0.4 is 9.47 Å². The molecule has 1 aromatic heterocycles. The molecular formula is C22H23N3O6. The number of ether oxygens (including phenoxy) is 3. The van der Waals surface area contributed by atoms with E-state index in [1.54, 1.807) is 55.5 Å². The normalized spacial score (nSPS) is 11.0. The number of nitrogens with zero attached hydrogens (tertiary/aromatic N) is 3. The fourth-order valence-corrected chi connectivity index (χ4v) is 2.94. The van der Waals surface area contributed by atoms with E-state index in [1.165, 1.54) is 4.57 Å². The monoisotopic (exact) mass is 425 g/mol. The van der Waals surface area contributed by atoms with Gasteiger partial charge in [-0.3, -0.25) is 14.2 Å². The van der Waals surface area contributed by atoms with Crippen LogP contribution in [0.25, 0.3) is 10.9 Å². The van der Waals surface area contributed by atoms with Crippen LogP contribution >= 0.6 is 0 Å². The lowest BCUT2D eigenvalue weighted by Crippen LogP contribution is -2.12. The van der Waals surface area contributed by atoms with Crippen molar-refractivity contribution in [2.24, 2.45) is 10.2 Å². The third kappa shape index (κ3) is 5.39. The van der Waals surface area contributed by atoms with Crippen molar-refractivity contribution in [2.45, 2.75) is 20.4 Å². The molecule has 0 saturated carbocycles. The first-order valence-corrected chi connectivity index (χ1v) is 9.79. The zero-order valence-electron chi connectivity index (χ0n) is 17.3. The second kappa shape index (κ2) is 10.2. The summed E-state index contributed by atoms with van der Waals surface area (Å²) < 4.78 is 17.1. The molecule has 0 radical (unpaired) electrons. The number of hydrogen-bond acceptors (Lipinski definition) is 7. The zero-order chi connectivity index (χ0) is 22.2. The molecule has 0 aliphatic heterocycles. The van der Waals surface area contributed by atoms with E-state index in [4.69, 9.17) is 14.2 Å². The fourth-order valence-electron chi connectivity index (χ4n) is 2.94. The first-order chi connectivity index (χ1) is 15.0. The van der Waals surface area contributed by atoms with E-state index in [2.05, 4.69) is 10.2 Å². The van der Waals surface area contributed by atoms with Crippen molar-refractivity contribution >= 4 is 28.5 Å². The van der Waals surface area contributed by atoms with Crippen molar-refractivity contribution in [1.29, 1.82) is 0 Å². The van der Waals surface area contributed by atoms with Crippen LogP contribution in [-0.4, -0.2) is 41.4 Å². The molecule has 31 heavy (non-hydrogen) atoms. The Labute approximate surface area is 178 Å². The molecule has 162 valence electrons. The zero-order valence-corrected chi connectivity index (χ0v) is 17.3. The molecule has 1 heterocycles. The summed E-state index contributed by atoms with van der Waals surface area (Å²) in [6, 6.07) is 13.8. The number of benzene rings is 2. The number of azo groups is 1. The molecule has 0 aliphatic rings. The average Bonchev–Trinajstić information content (AvgIpc) is 3.03. The molecular weight excluding hydrogens is 402 g/mol. The molecule has 1 amide bonds. The molecule has 3 aromatic rings. The summed E-state index contributed by atoms with van der Waals surface area (Å²) in [4.78, 5) is 24.0. The lowest BCUT2D eigenvalue weighted by atomic mass is 10.2. The second-order valence-electron chi connectivity index (χ2n) is 6.37. The average molecular weight is 425 g/mol. The van der Waals surface area contributed by atoms with Gasteiger partial charge in [-0.25, -0.2) is 0 Å². The molecule has 9 heteroatoms. The molecule has 3 rings (SSSR count). The van der Waals surface area contributed by atoms with E-state index in [9.17, 15) is 14.7 Å². The van der Waals surface area contributed by atoms with Crippen molar-refractivity contribution in [3.05, 3.63) is 48.5 Å². The predicted molar refractivity (Wildman–Crippen MR) is 113 cm³/mol. The highest BCUT2D eigenvalue weighted by Crippen LogP contribution is 2.38. The first kappa shape index (κ1) is 21.8. The summed E-state index contributed by atoms with van der Waals surface area (Å²) in [5.41, 5.74) is 0.661. The molecule has 0 aliphatic carbocycles. The van der Waals surface area contributed by atoms with E-state index < -0.39 is 11.9 Å². The fraction of sp³-hybridized carbons (Fsp3) is 0.273. The Hall–Kier alpha value is -3.88. The number of hydrogen-bond donors (Lipinski definition) is 1. The molecule has 0 atom stereocenters. The molecule has 0 spiro atoms. The molecule has 2 aromatic carbocycles. The summed E-state index contributed by atoms with van der Waals surface area (Å²) >= 11 is 0. The Morgan fingerprint density at radius 3 is 2.32 bits per heavy atom. The largest absolute Gasteiger partial charge is 0.494 e. The molecule has 0 fully saturated rings. The number of amides is 1. The standard InChI is InChI=1S/C22H23N3O6/c1-3-29-15-9-11-16(12-10-15)31-14-19(26)23-24-21-17-7-5-6-8-18(17)25(22(21)28)13-20(27)30-4-2/h5-12,28H,3-4,13-14H2,1-2H3.